The molecule has 2 heterocycles. The van der Waals surface area contributed by atoms with Crippen LogP contribution in [0.25, 0.3) is 0 Å². The SMILES string of the molecule is COCCn1ncc(Cl)c1C(O)c1ccnn1C. The molecule has 0 fully saturated rings. The van der Waals surface area contributed by atoms with Gasteiger partial charge < -0.3 is 9.84 Å². The first-order valence-corrected chi connectivity index (χ1v) is 5.89. The minimum Gasteiger partial charge on any atom is -0.383 e. The molecule has 0 radical (unpaired) electrons. The number of ether oxygens (including phenoxy) is 1. The van der Waals surface area contributed by atoms with Crippen molar-refractivity contribution in [1.29, 1.82) is 0 Å². The Hall–Kier alpha value is -1.37. The van der Waals surface area contributed by atoms with Gasteiger partial charge in [-0.15, -0.1) is 0 Å². The molecule has 1 N–H and O–H groups in total. The van der Waals surface area contributed by atoms with Crippen LogP contribution in [-0.4, -0.2) is 38.4 Å². The number of aliphatic hydroxyl groups excluding tert-OH is 1. The molecule has 98 valence electrons. The average Bonchev–Trinajstić information content (AvgIpc) is 2.92. The van der Waals surface area contributed by atoms with Gasteiger partial charge in [0.2, 0.25) is 0 Å². The number of nitrogens with zero attached hydrogens (tertiary/aromatic N) is 4. The van der Waals surface area contributed by atoms with Crippen molar-refractivity contribution in [2.45, 2.75) is 12.6 Å². The van der Waals surface area contributed by atoms with Crippen molar-refractivity contribution in [1.82, 2.24) is 19.6 Å². The molecule has 0 aliphatic rings. The maximum Gasteiger partial charge on any atom is 0.139 e. The lowest BCUT2D eigenvalue weighted by Gasteiger charge is -2.14. The number of aromatic nitrogens is 4. The van der Waals surface area contributed by atoms with Gasteiger partial charge >= 0.3 is 0 Å². The maximum atomic E-state index is 10.4. The van der Waals surface area contributed by atoms with Crippen LogP contribution in [0.1, 0.15) is 17.5 Å². The van der Waals surface area contributed by atoms with E-state index in [1.54, 1.807) is 35.8 Å². The molecule has 18 heavy (non-hydrogen) atoms. The van der Waals surface area contributed by atoms with Crippen LogP contribution in [0.5, 0.6) is 0 Å². The molecule has 6 nitrogen and oxygen atoms in total. The average molecular weight is 271 g/mol. The number of rotatable bonds is 5. The number of hydrogen-bond acceptors (Lipinski definition) is 4. The molecule has 1 unspecified atom stereocenters. The van der Waals surface area contributed by atoms with E-state index >= 15 is 0 Å². The molecule has 0 saturated heterocycles. The van der Waals surface area contributed by atoms with Crippen molar-refractivity contribution in [3.05, 3.63) is 34.9 Å². The van der Waals surface area contributed by atoms with Gasteiger partial charge in [-0.2, -0.15) is 10.2 Å². The van der Waals surface area contributed by atoms with Crippen LogP contribution < -0.4 is 0 Å². The molecular weight excluding hydrogens is 256 g/mol. The second-order valence-electron chi connectivity index (χ2n) is 3.88. The van der Waals surface area contributed by atoms with E-state index in [0.29, 0.717) is 29.6 Å². The fourth-order valence-corrected chi connectivity index (χ4v) is 2.04. The Bertz CT molecular complexity index is 523. The van der Waals surface area contributed by atoms with E-state index in [-0.39, 0.29) is 0 Å². The summed E-state index contributed by atoms with van der Waals surface area (Å²) in [6.45, 7) is 1.04. The third kappa shape index (κ3) is 2.40. The lowest BCUT2D eigenvalue weighted by molar-refractivity contribution is 0.168. The van der Waals surface area contributed by atoms with Crippen molar-refractivity contribution in [2.24, 2.45) is 7.05 Å². The number of hydrogen-bond donors (Lipinski definition) is 1. The Balaban J connectivity index is 2.32. The van der Waals surface area contributed by atoms with Crippen LogP contribution in [0.15, 0.2) is 18.5 Å². The van der Waals surface area contributed by atoms with Crippen LogP contribution in [0.3, 0.4) is 0 Å². The standard InChI is InChI=1S/C11H15ClN4O2/c1-15-9(3-4-13-15)11(17)10-8(12)7-14-16(10)5-6-18-2/h3-4,7,11,17H,5-6H2,1-2H3. The summed E-state index contributed by atoms with van der Waals surface area (Å²) >= 11 is 6.07. The summed E-state index contributed by atoms with van der Waals surface area (Å²) in [5.41, 5.74) is 1.22. The monoisotopic (exact) mass is 270 g/mol. The van der Waals surface area contributed by atoms with Crippen molar-refractivity contribution in [2.75, 3.05) is 13.7 Å². The van der Waals surface area contributed by atoms with Gasteiger partial charge in [-0.05, 0) is 6.07 Å². The summed E-state index contributed by atoms with van der Waals surface area (Å²) < 4.78 is 8.25. The lowest BCUT2D eigenvalue weighted by atomic mass is 10.2. The zero-order valence-corrected chi connectivity index (χ0v) is 11.0. The molecule has 2 aromatic rings. The van der Waals surface area contributed by atoms with Gasteiger partial charge in [0.05, 0.1) is 35.8 Å². The first kappa shape index (κ1) is 13.1. The third-order valence-electron chi connectivity index (χ3n) is 2.74. The molecule has 0 amide bonds. The summed E-state index contributed by atoms with van der Waals surface area (Å²) in [6, 6.07) is 1.74. The summed E-state index contributed by atoms with van der Waals surface area (Å²) in [7, 11) is 3.38. The van der Waals surface area contributed by atoms with Crippen LogP contribution in [0.2, 0.25) is 5.02 Å². The molecule has 0 aliphatic heterocycles. The van der Waals surface area contributed by atoms with Crippen molar-refractivity contribution in [3.8, 4) is 0 Å². The topological polar surface area (TPSA) is 65.1 Å². The molecule has 7 heteroatoms. The molecule has 0 aliphatic carbocycles. The first-order chi connectivity index (χ1) is 8.65. The summed E-state index contributed by atoms with van der Waals surface area (Å²) in [6.07, 6.45) is 2.29. The van der Waals surface area contributed by atoms with E-state index in [1.165, 1.54) is 6.20 Å². The molecule has 0 aromatic carbocycles. The van der Waals surface area contributed by atoms with E-state index in [4.69, 9.17) is 16.3 Å². The third-order valence-corrected chi connectivity index (χ3v) is 3.03. The van der Waals surface area contributed by atoms with Crippen LogP contribution in [0.4, 0.5) is 0 Å². The molecule has 0 saturated carbocycles. The Morgan fingerprint density at radius 1 is 1.50 bits per heavy atom. The molecule has 2 rings (SSSR count). The molecule has 0 bridgehead atoms. The van der Waals surface area contributed by atoms with Gasteiger partial charge in [-0.1, -0.05) is 11.6 Å². The van der Waals surface area contributed by atoms with Gasteiger partial charge in [0.1, 0.15) is 6.10 Å². The van der Waals surface area contributed by atoms with E-state index in [0.717, 1.165) is 0 Å². The molecule has 1 atom stereocenters. The van der Waals surface area contributed by atoms with Crippen molar-refractivity contribution >= 4 is 11.6 Å². The highest BCUT2D eigenvalue weighted by Gasteiger charge is 2.22. The Kier molecular flexibility index (Phi) is 4.00. The first-order valence-electron chi connectivity index (χ1n) is 5.51. The smallest absolute Gasteiger partial charge is 0.139 e. The van der Waals surface area contributed by atoms with E-state index < -0.39 is 6.10 Å². The summed E-state index contributed by atoms with van der Waals surface area (Å²) in [4.78, 5) is 0. The highest BCUT2D eigenvalue weighted by atomic mass is 35.5. The van der Waals surface area contributed by atoms with Crippen LogP contribution >= 0.6 is 11.6 Å². The Morgan fingerprint density at radius 3 is 2.89 bits per heavy atom. The van der Waals surface area contributed by atoms with Gasteiger partial charge in [0.15, 0.2) is 0 Å². The fourth-order valence-electron chi connectivity index (χ4n) is 1.79. The number of methoxy groups -OCH3 is 1. The quantitative estimate of drug-likeness (QED) is 0.880. The molecular formula is C11H15ClN4O2. The zero-order chi connectivity index (χ0) is 13.1. The van der Waals surface area contributed by atoms with E-state index in [2.05, 4.69) is 10.2 Å². The second kappa shape index (κ2) is 5.51. The lowest BCUT2D eigenvalue weighted by Crippen LogP contribution is -2.15. The highest BCUT2D eigenvalue weighted by molar-refractivity contribution is 6.31. The summed E-state index contributed by atoms with van der Waals surface area (Å²) in [5.74, 6) is 0. The zero-order valence-electron chi connectivity index (χ0n) is 10.2. The molecule has 0 spiro atoms. The van der Waals surface area contributed by atoms with Crippen LogP contribution in [0, 0.1) is 0 Å². The predicted octanol–water partition coefficient (Wildman–Crippen LogP) is 0.998. The van der Waals surface area contributed by atoms with Gasteiger partial charge in [0, 0.05) is 20.4 Å². The Labute approximate surface area is 110 Å². The van der Waals surface area contributed by atoms with Crippen molar-refractivity contribution in [3.63, 3.8) is 0 Å². The van der Waals surface area contributed by atoms with Gasteiger partial charge in [0.25, 0.3) is 0 Å². The minimum absolute atomic E-state index is 0.430. The van der Waals surface area contributed by atoms with E-state index in [1.807, 2.05) is 0 Å². The highest BCUT2D eigenvalue weighted by Crippen LogP contribution is 2.27. The molecule has 2 aromatic heterocycles. The van der Waals surface area contributed by atoms with E-state index in [9.17, 15) is 5.11 Å². The van der Waals surface area contributed by atoms with Gasteiger partial charge in [-0.3, -0.25) is 9.36 Å². The Morgan fingerprint density at radius 2 is 2.28 bits per heavy atom. The normalized spacial score (nSPS) is 12.9. The summed E-state index contributed by atoms with van der Waals surface area (Å²) in [5, 5.41) is 19.0. The van der Waals surface area contributed by atoms with Crippen LogP contribution in [-0.2, 0) is 18.3 Å². The minimum atomic E-state index is -0.857. The van der Waals surface area contributed by atoms with Crippen molar-refractivity contribution < 1.29 is 9.84 Å². The maximum absolute atomic E-state index is 10.4. The number of aliphatic hydroxyl groups is 1. The number of aryl methyl sites for hydroxylation is 1. The fraction of sp³-hybridized carbons (Fsp3) is 0.455. The largest absolute Gasteiger partial charge is 0.383 e. The predicted molar refractivity (Wildman–Crippen MR) is 66.4 cm³/mol. The second-order valence-corrected chi connectivity index (χ2v) is 4.28. The number of halogens is 1. The van der Waals surface area contributed by atoms with Gasteiger partial charge in [-0.25, -0.2) is 0 Å².